The van der Waals surface area contributed by atoms with Crippen LogP contribution in [0.25, 0.3) is 0 Å². The van der Waals surface area contributed by atoms with Crippen LogP contribution in [0.5, 0.6) is 5.75 Å². The second-order valence-electron chi connectivity index (χ2n) is 6.09. The van der Waals surface area contributed by atoms with Crippen molar-refractivity contribution >= 4 is 11.9 Å². The van der Waals surface area contributed by atoms with E-state index in [1.54, 1.807) is 11.6 Å². The van der Waals surface area contributed by atoms with E-state index in [0.717, 1.165) is 24.2 Å². The lowest BCUT2D eigenvalue weighted by Crippen LogP contribution is -2.29. The zero-order valence-electron chi connectivity index (χ0n) is 15.4. The van der Waals surface area contributed by atoms with Crippen molar-refractivity contribution in [3.63, 3.8) is 0 Å². The Labute approximate surface area is 153 Å². The average Bonchev–Trinajstić information content (AvgIpc) is 3.09. The van der Waals surface area contributed by atoms with E-state index in [1.807, 2.05) is 31.2 Å². The molecule has 1 N–H and O–H groups in total. The van der Waals surface area contributed by atoms with Crippen LogP contribution in [-0.4, -0.2) is 33.9 Å². The number of hydrogen-bond acceptors (Lipinski definition) is 6. The molecule has 1 aliphatic rings. The van der Waals surface area contributed by atoms with Crippen molar-refractivity contribution in [2.24, 2.45) is 0 Å². The summed E-state index contributed by atoms with van der Waals surface area (Å²) in [5.41, 5.74) is 2.14. The van der Waals surface area contributed by atoms with Gasteiger partial charge in [0.2, 0.25) is 5.95 Å². The number of hydrogen-bond donors (Lipinski definition) is 1. The minimum Gasteiger partial charge on any atom is -0.494 e. The van der Waals surface area contributed by atoms with Gasteiger partial charge in [-0.05, 0) is 38.0 Å². The molecule has 0 spiro atoms. The molecule has 1 aromatic carbocycles. The Morgan fingerprint density at radius 2 is 2.19 bits per heavy atom. The number of benzene rings is 1. The molecule has 1 aliphatic heterocycles. The molecule has 0 saturated heterocycles. The van der Waals surface area contributed by atoms with E-state index < -0.39 is 6.04 Å². The fourth-order valence-electron chi connectivity index (χ4n) is 2.98. The minimum atomic E-state index is -0.414. The number of esters is 1. The first-order valence-electron chi connectivity index (χ1n) is 8.92. The average molecular weight is 356 g/mol. The summed E-state index contributed by atoms with van der Waals surface area (Å²) in [7, 11) is 0. The topological polar surface area (TPSA) is 78.3 Å². The van der Waals surface area contributed by atoms with Gasteiger partial charge in [0.25, 0.3) is 0 Å². The van der Waals surface area contributed by atoms with E-state index in [2.05, 4.69) is 22.3 Å². The zero-order chi connectivity index (χ0) is 18.5. The number of aromatic nitrogens is 3. The van der Waals surface area contributed by atoms with Crippen LogP contribution in [0.1, 0.15) is 45.2 Å². The minimum absolute atomic E-state index is 0.312. The Hall–Kier alpha value is -2.83. The van der Waals surface area contributed by atoms with Gasteiger partial charge in [0.1, 0.15) is 18.1 Å². The monoisotopic (exact) mass is 356 g/mol. The summed E-state index contributed by atoms with van der Waals surface area (Å²) in [5.74, 6) is 1.01. The molecule has 3 rings (SSSR count). The van der Waals surface area contributed by atoms with Crippen molar-refractivity contribution in [2.45, 2.75) is 39.7 Å². The molecule has 0 amide bonds. The van der Waals surface area contributed by atoms with Gasteiger partial charge in [-0.3, -0.25) is 0 Å². The maximum atomic E-state index is 12.6. The zero-order valence-corrected chi connectivity index (χ0v) is 15.4. The Bertz CT molecular complexity index is 813. The summed E-state index contributed by atoms with van der Waals surface area (Å²) in [6.07, 6.45) is 3.54. The predicted molar refractivity (Wildman–Crippen MR) is 98.0 cm³/mol. The van der Waals surface area contributed by atoms with Crippen molar-refractivity contribution < 1.29 is 14.3 Å². The highest BCUT2D eigenvalue weighted by Crippen LogP contribution is 2.36. The maximum absolute atomic E-state index is 12.6. The number of fused-ring (bicyclic) bond motifs is 1. The van der Waals surface area contributed by atoms with Crippen LogP contribution >= 0.6 is 0 Å². The van der Waals surface area contributed by atoms with Gasteiger partial charge in [0.05, 0.1) is 18.8 Å². The third-order valence-electron chi connectivity index (χ3n) is 4.23. The van der Waals surface area contributed by atoms with Gasteiger partial charge in [-0.1, -0.05) is 25.5 Å². The summed E-state index contributed by atoms with van der Waals surface area (Å²) < 4.78 is 12.8. The summed E-state index contributed by atoms with van der Waals surface area (Å²) in [5, 5.41) is 7.43. The third-order valence-corrected chi connectivity index (χ3v) is 4.23. The van der Waals surface area contributed by atoms with Crippen LogP contribution < -0.4 is 10.1 Å². The summed E-state index contributed by atoms with van der Waals surface area (Å²) >= 11 is 0. The molecule has 0 bridgehead atoms. The number of carbonyl (C=O) groups is 1. The molecular formula is C19H24N4O3. The molecule has 2 heterocycles. The van der Waals surface area contributed by atoms with E-state index >= 15 is 0 Å². The number of carbonyl (C=O) groups excluding carboxylic acids is 1. The van der Waals surface area contributed by atoms with Gasteiger partial charge in [-0.25, -0.2) is 9.48 Å². The number of rotatable bonds is 7. The van der Waals surface area contributed by atoms with Gasteiger partial charge in [-0.2, -0.15) is 10.1 Å². The molecular weight excluding hydrogens is 332 g/mol. The van der Waals surface area contributed by atoms with Crippen molar-refractivity contribution in [3.05, 3.63) is 47.4 Å². The van der Waals surface area contributed by atoms with Crippen LogP contribution in [0.4, 0.5) is 5.95 Å². The fourth-order valence-corrected chi connectivity index (χ4v) is 2.98. The van der Waals surface area contributed by atoms with Gasteiger partial charge >= 0.3 is 5.97 Å². The number of anilines is 1. The second-order valence-corrected chi connectivity index (χ2v) is 6.09. The van der Waals surface area contributed by atoms with Crippen molar-refractivity contribution in [3.8, 4) is 5.75 Å². The molecule has 0 saturated carbocycles. The molecule has 138 valence electrons. The van der Waals surface area contributed by atoms with E-state index in [0.29, 0.717) is 30.4 Å². The van der Waals surface area contributed by atoms with Crippen molar-refractivity contribution in [1.29, 1.82) is 0 Å². The lowest BCUT2D eigenvalue weighted by atomic mass is 9.95. The smallest absolute Gasteiger partial charge is 0.338 e. The van der Waals surface area contributed by atoms with E-state index in [9.17, 15) is 4.79 Å². The Kier molecular flexibility index (Phi) is 5.55. The summed E-state index contributed by atoms with van der Waals surface area (Å²) in [6.45, 7) is 6.74. The summed E-state index contributed by atoms with van der Waals surface area (Å²) in [6, 6.07) is 7.34. The SMILES string of the molecule is CCCCOc1cccc(C2C(C(=O)OCC)=C(C)Nc3ncnn32)c1. The third kappa shape index (κ3) is 3.56. The lowest BCUT2D eigenvalue weighted by Gasteiger charge is -2.28. The van der Waals surface area contributed by atoms with Crippen LogP contribution in [0.3, 0.4) is 0 Å². The van der Waals surface area contributed by atoms with Gasteiger partial charge in [0.15, 0.2) is 0 Å². The van der Waals surface area contributed by atoms with Crippen LogP contribution in [0, 0.1) is 0 Å². The van der Waals surface area contributed by atoms with Gasteiger partial charge < -0.3 is 14.8 Å². The number of nitrogens with one attached hydrogen (secondary N) is 1. The lowest BCUT2D eigenvalue weighted by molar-refractivity contribution is -0.139. The molecule has 7 nitrogen and oxygen atoms in total. The molecule has 0 aliphatic carbocycles. The first-order valence-corrected chi connectivity index (χ1v) is 8.92. The first kappa shape index (κ1) is 18.0. The number of allylic oxidation sites excluding steroid dienone is 1. The highest BCUT2D eigenvalue weighted by Gasteiger charge is 2.34. The molecule has 1 unspecified atom stereocenters. The van der Waals surface area contributed by atoms with Crippen LogP contribution in [-0.2, 0) is 9.53 Å². The normalized spacial score (nSPS) is 16.0. The van der Waals surface area contributed by atoms with Crippen molar-refractivity contribution in [1.82, 2.24) is 14.8 Å². The number of nitrogens with zero attached hydrogens (tertiary/aromatic N) is 3. The van der Waals surface area contributed by atoms with E-state index in [1.165, 1.54) is 6.33 Å². The highest BCUT2D eigenvalue weighted by atomic mass is 16.5. The summed E-state index contributed by atoms with van der Waals surface area (Å²) in [4.78, 5) is 16.8. The number of unbranched alkanes of at least 4 members (excludes halogenated alkanes) is 1. The van der Waals surface area contributed by atoms with E-state index in [4.69, 9.17) is 9.47 Å². The standard InChI is InChI=1S/C19H24N4O3/c1-4-6-10-26-15-9-7-8-14(11-15)17-16(18(24)25-5-2)13(3)22-19-20-12-21-23(17)19/h7-9,11-12,17H,4-6,10H2,1-3H3,(H,20,21,22). The van der Waals surface area contributed by atoms with Gasteiger partial charge in [0, 0.05) is 5.70 Å². The molecule has 1 aromatic heterocycles. The predicted octanol–water partition coefficient (Wildman–Crippen LogP) is 3.31. The highest BCUT2D eigenvalue weighted by molar-refractivity contribution is 5.92. The maximum Gasteiger partial charge on any atom is 0.338 e. The fraction of sp³-hybridized carbons (Fsp3) is 0.421. The first-order chi connectivity index (χ1) is 12.7. The molecule has 1 atom stereocenters. The van der Waals surface area contributed by atoms with Crippen LogP contribution in [0.2, 0.25) is 0 Å². The van der Waals surface area contributed by atoms with Crippen molar-refractivity contribution in [2.75, 3.05) is 18.5 Å². The van der Waals surface area contributed by atoms with Gasteiger partial charge in [-0.15, -0.1) is 0 Å². The number of ether oxygens (including phenoxy) is 2. The Balaban J connectivity index is 2.00. The quantitative estimate of drug-likeness (QED) is 0.606. The second kappa shape index (κ2) is 8.03. The Morgan fingerprint density at radius 1 is 1.35 bits per heavy atom. The van der Waals surface area contributed by atoms with Crippen LogP contribution in [0.15, 0.2) is 41.9 Å². The molecule has 7 heteroatoms. The molecule has 0 fully saturated rings. The largest absolute Gasteiger partial charge is 0.494 e. The molecule has 26 heavy (non-hydrogen) atoms. The molecule has 0 radical (unpaired) electrons. The Morgan fingerprint density at radius 3 is 2.96 bits per heavy atom. The van der Waals surface area contributed by atoms with E-state index in [-0.39, 0.29) is 5.97 Å². The molecule has 2 aromatic rings.